The Morgan fingerprint density at radius 1 is 1.23 bits per heavy atom. The van der Waals surface area contributed by atoms with Crippen LogP contribution in [-0.2, 0) is 9.53 Å². The number of anilines is 1. The minimum absolute atomic E-state index is 0.0783. The lowest BCUT2D eigenvalue weighted by Crippen LogP contribution is -2.37. The van der Waals surface area contributed by atoms with Gasteiger partial charge in [-0.15, -0.1) is 11.3 Å². The largest absolute Gasteiger partial charge is 0.503 e. The molecule has 2 aromatic rings. The van der Waals surface area contributed by atoms with Gasteiger partial charge >= 0.3 is 0 Å². The van der Waals surface area contributed by atoms with Crippen molar-refractivity contribution in [2.75, 3.05) is 31.1 Å². The summed E-state index contributed by atoms with van der Waals surface area (Å²) in [7, 11) is 0. The summed E-state index contributed by atoms with van der Waals surface area (Å²) in [5, 5.41) is 12.6. The SMILES string of the molecule is CCN(CC)c1ccc(C2C(C(=O)c3cccs3)=C(O)C(=O)N2CC2CCCO2)cc1. The van der Waals surface area contributed by atoms with Gasteiger partial charge in [-0.05, 0) is 55.8 Å². The molecule has 1 N–H and O–H groups in total. The average Bonchev–Trinajstić information content (AvgIpc) is 3.54. The predicted molar refractivity (Wildman–Crippen MR) is 122 cm³/mol. The van der Waals surface area contributed by atoms with Crippen molar-refractivity contribution in [1.29, 1.82) is 0 Å². The highest BCUT2D eigenvalue weighted by Crippen LogP contribution is 2.40. The standard InChI is InChI=1S/C24H28N2O4S/c1-3-25(4-2)17-11-9-16(10-12-17)21-20(22(27)19-8-6-14-31-19)23(28)24(29)26(21)15-18-7-5-13-30-18/h6,8-12,14,18,21,28H,3-5,7,13,15H2,1-2H3. The van der Waals surface area contributed by atoms with E-state index in [1.165, 1.54) is 11.3 Å². The Kier molecular flexibility index (Phi) is 6.43. The van der Waals surface area contributed by atoms with Crippen LogP contribution in [0.2, 0.25) is 0 Å². The number of carbonyl (C=O) groups excluding carboxylic acids is 2. The first-order valence-electron chi connectivity index (χ1n) is 10.8. The zero-order chi connectivity index (χ0) is 22.0. The van der Waals surface area contributed by atoms with Gasteiger partial charge in [0.1, 0.15) is 0 Å². The van der Waals surface area contributed by atoms with Crippen LogP contribution in [0.5, 0.6) is 0 Å². The average molecular weight is 441 g/mol. The van der Waals surface area contributed by atoms with Crippen LogP contribution in [0.1, 0.15) is 48.0 Å². The van der Waals surface area contributed by atoms with Gasteiger partial charge in [-0.1, -0.05) is 18.2 Å². The monoisotopic (exact) mass is 440 g/mol. The molecule has 0 spiro atoms. The second-order valence-electron chi connectivity index (χ2n) is 7.83. The molecule has 1 saturated heterocycles. The molecule has 31 heavy (non-hydrogen) atoms. The van der Waals surface area contributed by atoms with Crippen molar-refractivity contribution in [3.63, 3.8) is 0 Å². The van der Waals surface area contributed by atoms with Gasteiger partial charge in [0.15, 0.2) is 5.76 Å². The number of nitrogens with zero attached hydrogens (tertiary/aromatic N) is 2. The number of Topliss-reactive ketones (excluding diaryl/α,β-unsaturated/α-hetero) is 1. The molecule has 0 saturated carbocycles. The maximum Gasteiger partial charge on any atom is 0.290 e. The van der Waals surface area contributed by atoms with E-state index in [0.717, 1.165) is 37.2 Å². The molecular formula is C24H28N2O4S. The topological polar surface area (TPSA) is 70.1 Å². The van der Waals surface area contributed by atoms with Gasteiger partial charge in [0, 0.05) is 31.9 Å². The molecule has 2 atom stereocenters. The highest BCUT2D eigenvalue weighted by atomic mass is 32.1. The van der Waals surface area contributed by atoms with Crippen LogP contribution in [0.3, 0.4) is 0 Å². The van der Waals surface area contributed by atoms with Crippen LogP contribution >= 0.6 is 11.3 Å². The van der Waals surface area contributed by atoms with Crippen molar-refractivity contribution >= 4 is 28.7 Å². The van der Waals surface area contributed by atoms with E-state index in [1.807, 2.05) is 29.6 Å². The number of carbonyl (C=O) groups is 2. The number of rotatable bonds is 8. The summed E-state index contributed by atoms with van der Waals surface area (Å²) in [4.78, 5) is 30.6. The third-order valence-corrected chi connectivity index (χ3v) is 6.92. The van der Waals surface area contributed by atoms with Gasteiger partial charge in [-0.2, -0.15) is 0 Å². The van der Waals surface area contributed by atoms with Crippen LogP contribution in [0, 0.1) is 0 Å². The quantitative estimate of drug-likeness (QED) is 0.618. The zero-order valence-electron chi connectivity index (χ0n) is 17.9. The third-order valence-electron chi connectivity index (χ3n) is 6.05. The van der Waals surface area contributed by atoms with Crippen molar-refractivity contribution in [2.45, 2.75) is 38.8 Å². The lowest BCUT2D eigenvalue weighted by Gasteiger charge is -2.29. The van der Waals surface area contributed by atoms with Gasteiger partial charge in [-0.3, -0.25) is 9.59 Å². The second-order valence-corrected chi connectivity index (χ2v) is 8.78. The Hall–Kier alpha value is -2.64. The van der Waals surface area contributed by atoms with Crippen molar-refractivity contribution in [1.82, 2.24) is 4.90 Å². The number of benzene rings is 1. The van der Waals surface area contributed by atoms with E-state index in [2.05, 4.69) is 18.7 Å². The van der Waals surface area contributed by atoms with E-state index >= 15 is 0 Å². The lowest BCUT2D eigenvalue weighted by atomic mass is 9.95. The highest BCUT2D eigenvalue weighted by Gasteiger charge is 2.45. The molecule has 2 unspecified atom stereocenters. The Balaban J connectivity index is 1.72. The van der Waals surface area contributed by atoms with Crippen molar-refractivity contribution in [3.8, 4) is 0 Å². The summed E-state index contributed by atoms with van der Waals surface area (Å²) in [5.41, 5.74) is 2.05. The van der Waals surface area contributed by atoms with Crippen LogP contribution < -0.4 is 4.90 Å². The maximum absolute atomic E-state index is 13.3. The van der Waals surface area contributed by atoms with Gasteiger partial charge < -0.3 is 19.6 Å². The number of ketones is 1. The van der Waals surface area contributed by atoms with E-state index in [4.69, 9.17) is 4.74 Å². The summed E-state index contributed by atoms with van der Waals surface area (Å²) < 4.78 is 5.75. The Bertz CT molecular complexity index is 958. The minimum atomic E-state index is -0.628. The summed E-state index contributed by atoms with van der Waals surface area (Å²) >= 11 is 1.31. The zero-order valence-corrected chi connectivity index (χ0v) is 18.7. The van der Waals surface area contributed by atoms with E-state index in [1.54, 1.807) is 17.0 Å². The van der Waals surface area contributed by atoms with Crippen LogP contribution in [0.15, 0.2) is 53.1 Å². The normalized spacial score (nSPS) is 21.2. The lowest BCUT2D eigenvalue weighted by molar-refractivity contribution is -0.131. The summed E-state index contributed by atoms with van der Waals surface area (Å²) in [6.45, 7) is 7.03. The first-order chi connectivity index (χ1) is 15.0. The van der Waals surface area contributed by atoms with E-state index in [0.29, 0.717) is 18.0 Å². The van der Waals surface area contributed by atoms with E-state index in [-0.39, 0.29) is 17.5 Å². The molecule has 1 aromatic heterocycles. The fraction of sp³-hybridized carbons (Fsp3) is 0.417. The summed E-state index contributed by atoms with van der Waals surface area (Å²) in [5.74, 6) is -1.25. The van der Waals surface area contributed by atoms with Crippen molar-refractivity contribution in [3.05, 3.63) is 63.6 Å². The molecule has 4 rings (SSSR count). The molecule has 0 radical (unpaired) electrons. The fourth-order valence-corrected chi connectivity index (χ4v) is 5.10. The Morgan fingerprint density at radius 3 is 2.55 bits per heavy atom. The minimum Gasteiger partial charge on any atom is -0.503 e. The number of thiophene rings is 1. The van der Waals surface area contributed by atoms with E-state index < -0.39 is 17.7 Å². The Morgan fingerprint density at radius 2 is 1.97 bits per heavy atom. The predicted octanol–water partition coefficient (Wildman–Crippen LogP) is 4.35. The second kappa shape index (κ2) is 9.24. The number of aliphatic hydroxyl groups excluding tert-OH is 1. The first-order valence-corrected chi connectivity index (χ1v) is 11.7. The van der Waals surface area contributed by atoms with Crippen LogP contribution in [0.25, 0.3) is 0 Å². The van der Waals surface area contributed by atoms with Crippen molar-refractivity contribution in [2.24, 2.45) is 0 Å². The van der Waals surface area contributed by atoms with Crippen molar-refractivity contribution < 1.29 is 19.4 Å². The van der Waals surface area contributed by atoms with Crippen LogP contribution in [-0.4, -0.2) is 54.0 Å². The fourth-order valence-electron chi connectivity index (χ4n) is 4.42. The molecule has 0 bridgehead atoms. The van der Waals surface area contributed by atoms with Crippen LogP contribution in [0.4, 0.5) is 5.69 Å². The molecular weight excluding hydrogens is 412 g/mol. The molecule has 1 aromatic carbocycles. The number of hydrogen-bond donors (Lipinski definition) is 1. The molecule has 6 nitrogen and oxygen atoms in total. The van der Waals surface area contributed by atoms with Gasteiger partial charge in [0.25, 0.3) is 5.91 Å². The number of ether oxygens (including phenoxy) is 1. The molecule has 1 amide bonds. The molecule has 2 aliphatic rings. The van der Waals surface area contributed by atoms with Gasteiger partial charge in [0.2, 0.25) is 5.78 Å². The molecule has 7 heteroatoms. The highest BCUT2D eigenvalue weighted by molar-refractivity contribution is 7.12. The molecule has 1 fully saturated rings. The summed E-state index contributed by atoms with van der Waals surface area (Å²) in [6, 6.07) is 10.8. The number of hydrogen-bond acceptors (Lipinski definition) is 6. The van der Waals surface area contributed by atoms with E-state index in [9.17, 15) is 14.7 Å². The molecule has 164 valence electrons. The number of amides is 1. The Labute approximate surface area is 186 Å². The molecule has 0 aliphatic carbocycles. The maximum atomic E-state index is 13.3. The number of aliphatic hydroxyl groups is 1. The third kappa shape index (κ3) is 4.12. The molecule has 3 heterocycles. The summed E-state index contributed by atoms with van der Waals surface area (Å²) in [6.07, 6.45) is 1.74. The first kappa shape index (κ1) is 21.6. The smallest absolute Gasteiger partial charge is 0.290 e. The molecule has 2 aliphatic heterocycles. The van der Waals surface area contributed by atoms with Gasteiger partial charge in [0.05, 0.1) is 22.6 Å². The van der Waals surface area contributed by atoms with Gasteiger partial charge in [-0.25, -0.2) is 0 Å².